The SMILES string of the molecule is CN1CCCN(c2ccc(OC3CCN(c4c(C#N)c(=O)n(C)c5ccccc45)CC3)cc2)C1=O. The minimum absolute atomic E-state index is 0.0253. The predicted octanol–water partition coefficient (Wildman–Crippen LogP) is 3.72. The van der Waals surface area contributed by atoms with Gasteiger partial charge >= 0.3 is 6.03 Å². The Balaban J connectivity index is 1.28. The lowest BCUT2D eigenvalue weighted by atomic mass is 10.0. The van der Waals surface area contributed by atoms with Crippen molar-refractivity contribution >= 4 is 28.3 Å². The molecule has 3 heterocycles. The zero-order valence-electron chi connectivity index (χ0n) is 20.1. The average molecular weight is 472 g/mol. The summed E-state index contributed by atoms with van der Waals surface area (Å²) in [5, 5.41) is 10.7. The van der Waals surface area contributed by atoms with E-state index in [1.54, 1.807) is 21.4 Å². The van der Waals surface area contributed by atoms with Crippen molar-refractivity contribution in [3.63, 3.8) is 0 Å². The molecule has 2 aromatic carbocycles. The number of benzene rings is 2. The van der Waals surface area contributed by atoms with E-state index in [0.717, 1.165) is 60.4 Å². The molecule has 0 saturated carbocycles. The highest BCUT2D eigenvalue weighted by Gasteiger charge is 2.27. The Morgan fingerprint density at radius 2 is 1.66 bits per heavy atom. The van der Waals surface area contributed by atoms with Gasteiger partial charge in [0.15, 0.2) is 0 Å². The monoisotopic (exact) mass is 471 g/mol. The third-order valence-corrected chi connectivity index (χ3v) is 7.03. The Hall–Kier alpha value is -3.99. The van der Waals surface area contributed by atoms with Gasteiger partial charge in [0, 0.05) is 64.2 Å². The second-order valence-electron chi connectivity index (χ2n) is 9.22. The van der Waals surface area contributed by atoms with Gasteiger partial charge in [-0.15, -0.1) is 0 Å². The maximum absolute atomic E-state index is 12.8. The van der Waals surface area contributed by atoms with Crippen LogP contribution >= 0.6 is 0 Å². The molecule has 180 valence electrons. The Labute approximate surface area is 204 Å². The summed E-state index contributed by atoms with van der Waals surface area (Å²) in [6.07, 6.45) is 2.56. The first-order valence-corrected chi connectivity index (χ1v) is 12.0. The second kappa shape index (κ2) is 9.34. The number of nitriles is 1. The summed E-state index contributed by atoms with van der Waals surface area (Å²) in [6.45, 7) is 2.91. The molecule has 1 aromatic heterocycles. The van der Waals surface area contributed by atoms with Crippen LogP contribution in [0.1, 0.15) is 24.8 Å². The van der Waals surface area contributed by atoms with Crippen molar-refractivity contribution in [1.29, 1.82) is 5.26 Å². The topological polar surface area (TPSA) is 81.8 Å². The number of urea groups is 1. The highest BCUT2D eigenvalue weighted by molar-refractivity contribution is 5.95. The van der Waals surface area contributed by atoms with Crippen LogP contribution in [-0.4, -0.2) is 54.8 Å². The maximum Gasteiger partial charge on any atom is 0.324 e. The van der Waals surface area contributed by atoms with E-state index in [1.807, 2.05) is 55.6 Å². The molecular weight excluding hydrogens is 442 g/mol. The Morgan fingerprint density at radius 1 is 0.943 bits per heavy atom. The van der Waals surface area contributed by atoms with Gasteiger partial charge in [-0.3, -0.25) is 9.69 Å². The zero-order valence-corrected chi connectivity index (χ0v) is 20.1. The molecule has 0 spiro atoms. The molecule has 35 heavy (non-hydrogen) atoms. The van der Waals surface area contributed by atoms with Crippen molar-refractivity contribution in [2.75, 3.05) is 43.0 Å². The van der Waals surface area contributed by atoms with E-state index in [0.29, 0.717) is 13.1 Å². The van der Waals surface area contributed by atoms with E-state index in [1.165, 1.54) is 0 Å². The zero-order chi connectivity index (χ0) is 24.5. The third kappa shape index (κ3) is 4.18. The van der Waals surface area contributed by atoms with Crippen LogP contribution in [0.15, 0.2) is 53.3 Å². The summed E-state index contributed by atoms with van der Waals surface area (Å²) in [7, 11) is 3.54. The third-order valence-electron chi connectivity index (χ3n) is 7.03. The van der Waals surface area contributed by atoms with Crippen LogP contribution in [0, 0.1) is 11.3 Å². The van der Waals surface area contributed by atoms with E-state index >= 15 is 0 Å². The van der Waals surface area contributed by atoms with E-state index in [2.05, 4.69) is 11.0 Å². The highest BCUT2D eigenvalue weighted by atomic mass is 16.5. The number of pyridine rings is 1. The summed E-state index contributed by atoms with van der Waals surface area (Å²) >= 11 is 0. The van der Waals surface area contributed by atoms with E-state index < -0.39 is 0 Å². The van der Waals surface area contributed by atoms with E-state index in [-0.39, 0.29) is 23.3 Å². The van der Waals surface area contributed by atoms with E-state index in [4.69, 9.17) is 4.74 Å². The molecule has 0 bridgehead atoms. The number of carbonyl (C=O) groups excluding carboxylic acids is 1. The first-order chi connectivity index (χ1) is 17.0. The number of amides is 2. The number of para-hydroxylation sites is 1. The van der Waals surface area contributed by atoms with Crippen LogP contribution < -0.4 is 20.1 Å². The molecule has 2 amide bonds. The van der Waals surface area contributed by atoms with Crippen molar-refractivity contribution in [2.24, 2.45) is 7.05 Å². The summed E-state index contributed by atoms with van der Waals surface area (Å²) in [5.74, 6) is 0.779. The number of nitrogens with zero attached hydrogens (tertiary/aromatic N) is 5. The lowest BCUT2D eigenvalue weighted by Gasteiger charge is -2.35. The number of aromatic nitrogens is 1. The quantitative estimate of drug-likeness (QED) is 0.579. The Kier molecular flexibility index (Phi) is 6.08. The molecule has 0 N–H and O–H groups in total. The predicted molar refractivity (Wildman–Crippen MR) is 136 cm³/mol. The number of aryl methyl sites for hydroxylation is 1. The van der Waals surface area contributed by atoms with Crippen molar-refractivity contribution in [3.8, 4) is 11.8 Å². The van der Waals surface area contributed by atoms with Crippen LogP contribution in [0.25, 0.3) is 10.9 Å². The number of carbonyl (C=O) groups is 1. The van der Waals surface area contributed by atoms with Crippen molar-refractivity contribution < 1.29 is 9.53 Å². The van der Waals surface area contributed by atoms with Gasteiger partial charge in [0.05, 0.1) is 11.2 Å². The molecular formula is C27H29N5O3. The van der Waals surface area contributed by atoms with Crippen LogP contribution in [0.5, 0.6) is 5.75 Å². The van der Waals surface area contributed by atoms with Crippen LogP contribution in [0.4, 0.5) is 16.2 Å². The molecule has 8 nitrogen and oxygen atoms in total. The van der Waals surface area contributed by atoms with Gasteiger partial charge < -0.3 is 19.1 Å². The largest absolute Gasteiger partial charge is 0.490 e. The molecule has 0 radical (unpaired) electrons. The number of fused-ring (bicyclic) bond motifs is 1. The number of ether oxygens (including phenoxy) is 1. The fourth-order valence-electron chi connectivity index (χ4n) is 5.11. The van der Waals surface area contributed by atoms with E-state index in [9.17, 15) is 14.9 Å². The molecule has 2 fully saturated rings. The molecule has 2 saturated heterocycles. The van der Waals surface area contributed by atoms with Gasteiger partial charge in [-0.25, -0.2) is 4.79 Å². The second-order valence-corrected chi connectivity index (χ2v) is 9.22. The van der Waals surface area contributed by atoms with Crippen molar-refractivity contribution in [2.45, 2.75) is 25.4 Å². The molecule has 2 aliphatic heterocycles. The summed E-state index contributed by atoms with van der Waals surface area (Å²) in [6, 6.07) is 17.6. The number of rotatable bonds is 4. The Morgan fingerprint density at radius 3 is 2.37 bits per heavy atom. The number of hydrogen-bond donors (Lipinski definition) is 0. The first kappa shape index (κ1) is 22.8. The fraction of sp³-hybridized carbons (Fsp3) is 0.370. The van der Waals surface area contributed by atoms with Gasteiger partial charge in [0.25, 0.3) is 5.56 Å². The lowest BCUT2D eigenvalue weighted by Crippen LogP contribution is -2.47. The minimum Gasteiger partial charge on any atom is -0.490 e. The normalized spacial score (nSPS) is 17.1. The summed E-state index contributed by atoms with van der Waals surface area (Å²) in [5.41, 5.74) is 2.36. The molecule has 0 aliphatic carbocycles. The number of anilines is 2. The van der Waals surface area contributed by atoms with Gasteiger partial charge in [0.2, 0.25) is 0 Å². The molecule has 5 rings (SSSR count). The van der Waals surface area contributed by atoms with Crippen LogP contribution in [0.2, 0.25) is 0 Å². The number of hydrogen-bond acceptors (Lipinski definition) is 5. The molecule has 0 atom stereocenters. The van der Waals surface area contributed by atoms with Crippen LogP contribution in [-0.2, 0) is 7.05 Å². The van der Waals surface area contributed by atoms with Crippen molar-refractivity contribution in [3.05, 3.63) is 64.4 Å². The van der Waals surface area contributed by atoms with Gasteiger partial charge in [-0.1, -0.05) is 18.2 Å². The minimum atomic E-state index is -0.266. The first-order valence-electron chi connectivity index (χ1n) is 12.0. The van der Waals surface area contributed by atoms with Crippen molar-refractivity contribution in [1.82, 2.24) is 9.47 Å². The average Bonchev–Trinajstić information content (AvgIpc) is 2.89. The standard InChI is InChI=1S/C27H29N5O3/c1-29-14-5-15-32(27(29)34)19-8-10-20(11-9-19)35-21-12-16-31(17-13-21)25-22-6-3-4-7-24(22)30(2)26(33)23(25)18-28/h3-4,6-11,21H,5,12-17H2,1-2H3. The molecule has 0 unspecified atom stereocenters. The Bertz CT molecular complexity index is 1350. The molecule has 3 aromatic rings. The fourth-order valence-corrected chi connectivity index (χ4v) is 5.11. The van der Waals surface area contributed by atoms with Gasteiger partial charge in [-0.05, 0) is 36.8 Å². The van der Waals surface area contributed by atoms with Gasteiger partial charge in [0.1, 0.15) is 23.5 Å². The maximum atomic E-state index is 12.8. The highest BCUT2D eigenvalue weighted by Crippen LogP contribution is 2.32. The summed E-state index contributed by atoms with van der Waals surface area (Å²) < 4.78 is 7.79. The van der Waals surface area contributed by atoms with Gasteiger partial charge in [-0.2, -0.15) is 5.26 Å². The molecule has 2 aliphatic rings. The lowest BCUT2D eigenvalue weighted by molar-refractivity contribution is 0.171. The van der Waals surface area contributed by atoms with Crippen LogP contribution in [0.3, 0.4) is 0 Å². The number of piperidine rings is 1. The summed E-state index contributed by atoms with van der Waals surface area (Å²) in [4.78, 5) is 30.9. The smallest absolute Gasteiger partial charge is 0.324 e. The molecule has 8 heteroatoms.